The maximum absolute atomic E-state index is 10.9. The van der Waals surface area contributed by atoms with Crippen LogP contribution in [0.25, 0.3) is 0 Å². The summed E-state index contributed by atoms with van der Waals surface area (Å²) in [6.07, 6.45) is 7.38. The Morgan fingerprint density at radius 2 is 2.16 bits per heavy atom. The number of hydrogen-bond acceptors (Lipinski definition) is 4. The highest BCUT2D eigenvalue weighted by atomic mass is 16.4. The minimum Gasteiger partial charge on any atom is -0.478 e. The topological polar surface area (TPSA) is 75.1 Å². The van der Waals surface area contributed by atoms with E-state index in [1.807, 2.05) is 0 Å². The van der Waals surface area contributed by atoms with Crippen LogP contribution in [0.5, 0.6) is 0 Å². The van der Waals surface area contributed by atoms with E-state index in [0.29, 0.717) is 17.7 Å². The number of nitrogens with one attached hydrogen (secondary N) is 1. The van der Waals surface area contributed by atoms with E-state index in [0.717, 1.165) is 6.42 Å². The molecule has 19 heavy (non-hydrogen) atoms. The number of aromatic carboxylic acids is 1. The minimum atomic E-state index is -0.989. The van der Waals surface area contributed by atoms with Gasteiger partial charge in [-0.15, -0.1) is 0 Å². The van der Waals surface area contributed by atoms with Crippen LogP contribution in [0.2, 0.25) is 0 Å². The molecule has 1 atom stereocenters. The summed E-state index contributed by atoms with van der Waals surface area (Å²) in [5, 5.41) is 12.1. The molecule has 0 amide bonds. The van der Waals surface area contributed by atoms with Crippen molar-refractivity contribution in [1.29, 1.82) is 0 Å². The summed E-state index contributed by atoms with van der Waals surface area (Å²) in [6, 6.07) is 0.298. The van der Waals surface area contributed by atoms with E-state index in [1.165, 1.54) is 31.9 Å². The molecule has 1 aromatic rings. The van der Waals surface area contributed by atoms with E-state index in [2.05, 4.69) is 29.1 Å². The van der Waals surface area contributed by atoms with E-state index >= 15 is 0 Å². The van der Waals surface area contributed by atoms with E-state index in [-0.39, 0.29) is 5.56 Å². The molecule has 0 radical (unpaired) electrons. The van der Waals surface area contributed by atoms with Crippen LogP contribution in [0.4, 0.5) is 5.95 Å². The summed E-state index contributed by atoms with van der Waals surface area (Å²) in [7, 11) is 0. The van der Waals surface area contributed by atoms with Gasteiger partial charge < -0.3 is 10.4 Å². The second-order valence-electron chi connectivity index (χ2n) is 4.89. The number of aryl methyl sites for hydroxylation is 1. The Hall–Kier alpha value is -1.65. The van der Waals surface area contributed by atoms with E-state index in [4.69, 9.17) is 5.11 Å². The van der Waals surface area contributed by atoms with Gasteiger partial charge >= 0.3 is 5.97 Å². The summed E-state index contributed by atoms with van der Waals surface area (Å²) < 4.78 is 0. The summed E-state index contributed by atoms with van der Waals surface area (Å²) >= 11 is 0. The Kier molecular flexibility index (Phi) is 6.25. The molecule has 1 unspecified atom stereocenters. The maximum Gasteiger partial charge on any atom is 0.339 e. The van der Waals surface area contributed by atoms with Crippen LogP contribution in [0, 0.1) is 6.92 Å². The lowest BCUT2D eigenvalue weighted by Crippen LogP contribution is -2.18. The number of rotatable bonds is 8. The number of carboxylic acids is 1. The van der Waals surface area contributed by atoms with Gasteiger partial charge in [0.25, 0.3) is 0 Å². The summed E-state index contributed by atoms with van der Waals surface area (Å²) in [5.74, 6) is -0.484. The summed E-state index contributed by atoms with van der Waals surface area (Å²) in [4.78, 5) is 19.1. The van der Waals surface area contributed by atoms with Crippen LogP contribution in [-0.4, -0.2) is 27.1 Å². The van der Waals surface area contributed by atoms with E-state index in [9.17, 15) is 4.79 Å². The zero-order valence-electron chi connectivity index (χ0n) is 11.9. The van der Waals surface area contributed by atoms with Gasteiger partial charge in [0.2, 0.25) is 5.95 Å². The fraction of sp³-hybridized carbons (Fsp3) is 0.643. The monoisotopic (exact) mass is 265 g/mol. The molecule has 1 rings (SSSR count). The number of hydrogen-bond donors (Lipinski definition) is 2. The van der Waals surface area contributed by atoms with Crippen LogP contribution in [0.15, 0.2) is 6.20 Å². The zero-order valence-corrected chi connectivity index (χ0v) is 11.9. The Morgan fingerprint density at radius 1 is 1.42 bits per heavy atom. The van der Waals surface area contributed by atoms with Crippen molar-refractivity contribution in [3.05, 3.63) is 17.5 Å². The molecule has 0 aliphatic heterocycles. The molecule has 0 fully saturated rings. The molecule has 5 nitrogen and oxygen atoms in total. The predicted octanol–water partition coefficient (Wildman–Crippen LogP) is 3.25. The normalized spacial score (nSPS) is 12.2. The number of aromatic nitrogens is 2. The first-order chi connectivity index (χ1) is 9.04. The SMILES string of the molecule is CCCCCCC(C)Nc1ncc(C(=O)O)c(C)n1. The molecule has 0 bridgehead atoms. The lowest BCUT2D eigenvalue weighted by Gasteiger charge is -2.14. The Morgan fingerprint density at radius 3 is 2.74 bits per heavy atom. The highest BCUT2D eigenvalue weighted by Gasteiger charge is 2.11. The second kappa shape index (κ2) is 7.71. The molecule has 1 aromatic heterocycles. The highest BCUT2D eigenvalue weighted by Crippen LogP contribution is 2.11. The van der Waals surface area contributed by atoms with Crippen molar-refractivity contribution in [2.24, 2.45) is 0 Å². The largest absolute Gasteiger partial charge is 0.478 e. The molecule has 1 heterocycles. The van der Waals surface area contributed by atoms with Gasteiger partial charge in [-0.2, -0.15) is 0 Å². The Balaban J connectivity index is 2.48. The average Bonchev–Trinajstić information content (AvgIpc) is 2.34. The van der Waals surface area contributed by atoms with Gasteiger partial charge in [-0.05, 0) is 20.3 Å². The molecule has 0 aliphatic carbocycles. The molecule has 0 saturated carbocycles. The third-order valence-electron chi connectivity index (χ3n) is 3.08. The minimum absolute atomic E-state index is 0.154. The molecule has 0 aliphatic rings. The summed E-state index contributed by atoms with van der Waals surface area (Å²) in [6.45, 7) is 5.97. The molecular weight excluding hydrogens is 242 g/mol. The van der Waals surface area contributed by atoms with Gasteiger partial charge in [0.05, 0.1) is 11.3 Å². The fourth-order valence-corrected chi connectivity index (χ4v) is 1.92. The van der Waals surface area contributed by atoms with Crippen LogP contribution in [0.1, 0.15) is 62.0 Å². The number of carbonyl (C=O) groups is 1. The van der Waals surface area contributed by atoms with Gasteiger partial charge in [-0.25, -0.2) is 14.8 Å². The Labute approximate surface area is 114 Å². The average molecular weight is 265 g/mol. The van der Waals surface area contributed by atoms with Crippen LogP contribution >= 0.6 is 0 Å². The molecule has 5 heteroatoms. The Bertz CT molecular complexity index is 421. The van der Waals surface area contributed by atoms with Crippen molar-refractivity contribution in [3.8, 4) is 0 Å². The van der Waals surface area contributed by atoms with Gasteiger partial charge in [0, 0.05) is 12.2 Å². The first-order valence-corrected chi connectivity index (χ1v) is 6.88. The van der Waals surface area contributed by atoms with Gasteiger partial charge in [-0.3, -0.25) is 0 Å². The molecule has 0 aromatic carbocycles. The first-order valence-electron chi connectivity index (χ1n) is 6.88. The van der Waals surface area contributed by atoms with E-state index < -0.39 is 5.97 Å². The standard InChI is InChI=1S/C14H23N3O2/c1-4-5-6-7-8-10(2)16-14-15-9-12(13(18)19)11(3)17-14/h9-10H,4-8H2,1-3H3,(H,18,19)(H,15,16,17). The highest BCUT2D eigenvalue weighted by molar-refractivity contribution is 5.88. The number of anilines is 1. The van der Waals surface area contributed by atoms with Crippen LogP contribution in [0.3, 0.4) is 0 Å². The zero-order chi connectivity index (χ0) is 14.3. The van der Waals surface area contributed by atoms with Gasteiger partial charge in [-0.1, -0.05) is 32.6 Å². The number of nitrogens with zero attached hydrogens (tertiary/aromatic N) is 2. The molecule has 2 N–H and O–H groups in total. The molecule has 0 spiro atoms. The van der Waals surface area contributed by atoms with Crippen molar-refractivity contribution >= 4 is 11.9 Å². The molecule has 0 saturated heterocycles. The van der Waals surface area contributed by atoms with E-state index in [1.54, 1.807) is 6.92 Å². The van der Waals surface area contributed by atoms with Crippen molar-refractivity contribution < 1.29 is 9.90 Å². The second-order valence-corrected chi connectivity index (χ2v) is 4.89. The van der Waals surface area contributed by atoms with Gasteiger partial charge in [0.15, 0.2) is 0 Å². The van der Waals surface area contributed by atoms with Crippen molar-refractivity contribution in [2.45, 2.75) is 58.9 Å². The third kappa shape index (κ3) is 5.24. The third-order valence-corrected chi connectivity index (χ3v) is 3.08. The lowest BCUT2D eigenvalue weighted by molar-refractivity contribution is 0.0695. The van der Waals surface area contributed by atoms with Gasteiger partial charge in [0.1, 0.15) is 0 Å². The molecule has 106 valence electrons. The number of unbranched alkanes of at least 4 members (excludes halogenated alkanes) is 3. The fourth-order valence-electron chi connectivity index (χ4n) is 1.92. The number of carboxylic acid groups (broad SMARTS) is 1. The van der Waals surface area contributed by atoms with Crippen LogP contribution in [-0.2, 0) is 0 Å². The smallest absolute Gasteiger partial charge is 0.339 e. The van der Waals surface area contributed by atoms with Crippen molar-refractivity contribution in [1.82, 2.24) is 9.97 Å². The molecular formula is C14H23N3O2. The van der Waals surface area contributed by atoms with Crippen LogP contribution < -0.4 is 5.32 Å². The quantitative estimate of drug-likeness (QED) is 0.706. The maximum atomic E-state index is 10.9. The van der Waals surface area contributed by atoms with Crippen molar-refractivity contribution in [3.63, 3.8) is 0 Å². The predicted molar refractivity (Wildman–Crippen MR) is 75.6 cm³/mol. The summed E-state index contributed by atoms with van der Waals surface area (Å²) in [5.41, 5.74) is 0.643. The first kappa shape index (κ1) is 15.4. The lowest BCUT2D eigenvalue weighted by atomic mass is 10.1. The van der Waals surface area contributed by atoms with Crippen molar-refractivity contribution in [2.75, 3.05) is 5.32 Å².